The number of phosphoric acid groups is 1. The van der Waals surface area contributed by atoms with Gasteiger partial charge in [0.2, 0.25) is 5.91 Å². The van der Waals surface area contributed by atoms with Gasteiger partial charge in [-0.2, -0.15) is 8.42 Å². The molecule has 0 radical (unpaired) electrons. The summed E-state index contributed by atoms with van der Waals surface area (Å²) < 4.78 is 59.3. The highest BCUT2D eigenvalue weighted by atomic mass is 32.2. The first-order chi connectivity index (χ1) is 21.0. The number of rotatable bonds is 17. The lowest BCUT2D eigenvalue weighted by atomic mass is 9.91. The van der Waals surface area contributed by atoms with Gasteiger partial charge in [0, 0.05) is 11.5 Å². The molecule has 278 valence electrons. The molecule has 0 aromatic carbocycles. The second-order valence-corrected chi connectivity index (χ2v) is 15.6. The van der Waals surface area contributed by atoms with E-state index < -0.39 is 58.1 Å². The fourth-order valence-corrected chi connectivity index (χ4v) is 3.91. The number of hydrogen-bond donors (Lipinski definition) is 4. The molecule has 4 N–H and O–H groups in total. The summed E-state index contributed by atoms with van der Waals surface area (Å²) in [6.45, 7) is 24.0. The van der Waals surface area contributed by atoms with Crippen LogP contribution in [0, 0.1) is 16.7 Å². The van der Waals surface area contributed by atoms with Gasteiger partial charge in [-0.25, -0.2) is 9.36 Å². The van der Waals surface area contributed by atoms with Crippen LogP contribution in [0.1, 0.15) is 102 Å². The van der Waals surface area contributed by atoms with Gasteiger partial charge in [0.05, 0.1) is 28.7 Å². The molecule has 0 bridgehead atoms. The Kier molecular flexibility index (Phi) is 22.5. The third-order valence-corrected chi connectivity index (χ3v) is 8.22. The Morgan fingerprint density at radius 1 is 0.872 bits per heavy atom. The summed E-state index contributed by atoms with van der Waals surface area (Å²) in [6, 6.07) is 0. The summed E-state index contributed by atoms with van der Waals surface area (Å²) in [6.07, 6.45) is 1.56. The SMILES string of the molecule is C=C(C)C(=O)OC(C)COC(=O)C(C)(C)CC.CCC(C)(C)C(=O)OCCOP(=O)(O)O.CCC(C)C(=O)NC(C)(C)CS(=O)(=O)O. The molecule has 0 spiro atoms. The molecule has 15 nitrogen and oxygen atoms in total. The van der Waals surface area contributed by atoms with Crippen LogP contribution >= 0.6 is 7.82 Å². The highest BCUT2D eigenvalue weighted by Gasteiger charge is 2.29. The summed E-state index contributed by atoms with van der Waals surface area (Å²) in [5.41, 5.74) is -1.70. The molecule has 17 heteroatoms. The number of nitrogens with one attached hydrogen (secondary N) is 1. The molecule has 0 heterocycles. The smallest absolute Gasteiger partial charge is 0.463 e. The third kappa shape index (κ3) is 26.3. The van der Waals surface area contributed by atoms with E-state index in [9.17, 15) is 32.2 Å². The molecule has 0 saturated heterocycles. The molecule has 0 aromatic heterocycles. The van der Waals surface area contributed by atoms with Crippen LogP contribution < -0.4 is 5.32 Å². The van der Waals surface area contributed by atoms with Gasteiger partial charge in [0.1, 0.15) is 19.3 Å². The molecule has 2 unspecified atom stereocenters. The Bertz CT molecular complexity index is 1170. The second kappa shape index (κ2) is 21.6. The van der Waals surface area contributed by atoms with E-state index in [1.54, 1.807) is 48.5 Å². The van der Waals surface area contributed by atoms with Crippen molar-refractivity contribution in [1.29, 1.82) is 0 Å². The molecule has 0 saturated carbocycles. The number of hydrogen-bond acceptors (Lipinski definition) is 11. The second-order valence-electron chi connectivity index (χ2n) is 12.9. The quantitative estimate of drug-likeness (QED) is 0.0409. The van der Waals surface area contributed by atoms with E-state index >= 15 is 0 Å². The summed E-state index contributed by atoms with van der Waals surface area (Å²) in [5, 5.41) is 2.59. The average molecular weight is 720 g/mol. The minimum atomic E-state index is -4.46. The van der Waals surface area contributed by atoms with Gasteiger partial charge >= 0.3 is 25.7 Å². The lowest BCUT2D eigenvalue weighted by Crippen LogP contribution is -2.49. The molecule has 0 fully saturated rings. The predicted molar refractivity (Wildman–Crippen MR) is 177 cm³/mol. The minimum Gasteiger partial charge on any atom is -0.463 e. The zero-order chi connectivity index (χ0) is 38.0. The first-order valence-electron chi connectivity index (χ1n) is 15.1. The Morgan fingerprint density at radius 2 is 1.32 bits per heavy atom. The fourth-order valence-electron chi connectivity index (χ4n) is 2.61. The van der Waals surface area contributed by atoms with E-state index in [1.165, 1.54) is 0 Å². The van der Waals surface area contributed by atoms with Crippen molar-refractivity contribution in [3.8, 4) is 0 Å². The van der Waals surface area contributed by atoms with Crippen LogP contribution in [0.5, 0.6) is 0 Å². The molecule has 47 heavy (non-hydrogen) atoms. The molecule has 1 amide bonds. The lowest BCUT2D eigenvalue weighted by molar-refractivity contribution is -0.162. The molecule has 0 aliphatic rings. The zero-order valence-corrected chi connectivity index (χ0v) is 31.7. The van der Waals surface area contributed by atoms with E-state index in [2.05, 4.69) is 16.4 Å². The average Bonchev–Trinajstić information content (AvgIpc) is 2.91. The van der Waals surface area contributed by atoms with Gasteiger partial charge in [-0.05, 0) is 74.7 Å². The minimum absolute atomic E-state index is 0.0707. The van der Waals surface area contributed by atoms with Gasteiger partial charge in [-0.3, -0.25) is 23.5 Å². The monoisotopic (exact) mass is 719 g/mol. The maximum absolute atomic E-state index is 11.6. The van der Waals surface area contributed by atoms with E-state index in [0.717, 1.165) is 0 Å². The van der Waals surface area contributed by atoms with Crippen molar-refractivity contribution in [1.82, 2.24) is 5.32 Å². The van der Waals surface area contributed by atoms with Gasteiger partial charge in [0.15, 0.2) is 0 Å². The van der Waals surface area contributed by atoms with Crippen molar-refractivity contribution in [3.63, 3.8) is 0 Å². The van der Waals surface area contributed by atoms with Gasteiger partial charge < -0.3 is 29.3 Å². The number of carbonyl (C=O) groups excluding carboxylic acids is 4. The van der Waals surface area contributed by atoms with Crippen LogP contribution in [0.2, 0.25) is 0 Å². The lowest BCUT2D eigenvalue weighted by Gasteiger charge is -2.26. The summed E-state index contributed by atoms with van der Waals surface area (Å²) in [7, 11) is -8.54. The van der Waals surface area contributed by atoms with Crippen molar-refractivity contribution in [3.05, 3.63) is 12.2 Å². The molecular weight excluding hydrogens is 661 g/mol. The molecule has 0 aliphatic carbocycles. The maximum Gasteiger partial charge on any atom is 0.469 e. The topological polar surface area (TPSA) is 229 Å². The van der Waals surface area contributed by atoms with Crippen LogP contribution in [0.4, 0.5) is 0 Å². The Labute approximate surface area is 280 Å². The molecule has 0 aromatic rings. The van der Waals surface area contributed by atoms with Crippen LogP contribution in [0.15, 0.2) is 12.2 Å². The predicted octanol–water partition coefficient (Wildman–Crippen LogP) is 4.36. The van der Waals surface area contributed by atoms with Crippen molar-refractivity contribution in [2.75, 3.05) is 25.6 Å². The van der Waals surface area contributed by atoms with Crippen molar-refractivity contribution in [2.24, 2.45) is 16.7 Å². The van der Waals surface area contributed by atoms with E-state index in [4.69, 9.17) is 28.6 Å². The largest absolute Gasteiger partial charge is 0.469 e. The molecule has 0 rings (SSSR count). The molecule has 2 atom stereocenters. The van der Waals surface area contributed by atoms with Gasteiger partial charge in [0.25, 0.3) is 10.1 Å². The Morgan fingerprint density at radius 3 is 1.68 bits per heavy atom. The van der Waals surface area contributed by atoms with Crippen molar-refractivity contribution in [2.45, 2.75) is 114 Å². The maximum atomic E-state index is 11.6. The highest BCUT2D eigenvalue weighted by Crippen LogP contribution is 2.35. The number of amides is 1. The molecular formula is C30H58NO14PS. The number of carbonyl (C=O) groups is 4. The van der Waals surface area contributed by atoms with E-state index in [-0.39, 0.29) is 37.6 Å². The summed E-state index contributed by atoms with van der Waals surface area (Å²) >= 11 is 0. The van der Waals surface area contributed by atoms with E-state index in [1.807, 2.05) is 34.6 Å². The Hall–Kier alpha value is -2.36. The van der Waals surface area contributed by atoms with Crippen LogP contribution in [-0.2, 0) is 52.6 Å². The Balaban J connectivity index is -0.000000620. The van der Waals surface area contributed by atoms with E-state index in [0.29, 0.717) is 24.8 Å². The number of ether oxygens (including phenoxy) is 3. The standard InChI is InChI=1S/C13H22O4.C9H19NO4S.C8H17O6P/c1-7-13(5,6)12(15)16-8-10(4)17-11(14)9(2)3;1-5-7(2)8(11)10-9(3,4)6-15(12,13)14;1-4-8(2,3)7(9)13-5-6-14-15(10,11)12/h10H,2,7-8H2,1,3-6H3;7H,5-6H2,1-4H3,(H,10,11)(H,12,13,14);4-6H2,1-3H3,(H2,10,11,12). The van der Waals surface area contributed by atoms with Crippen molar-refractivity contribution < 1.29 is 65.2 Å². The third-order valence-electron chi connectivity index (χ3n) is 6.62. The summed E-state index contributed by atoms with van der Waals surface area (Å²) in [5.74, 6) is -2.00. The zero-order valence-electron chi connectivity index (χ0n) is 30.0. The highest BCUT2D eigenvalue weighted by molar-refractivity contribution is 7.85. The number of esters is 3. The first kappa shape index (κ1) is 49.0. The van der Waals surface area contributed by atoms with Crippen LogP contribution in [0.25, 0.3) is 0 Å². The molecule has 0 aliphatic heterocycles. The van der Waals surface area contributed by atoms with Crippen LogP contribution in [0.3, 0.4) is 0 Å². The van der Waals surface area contributed by atoms with Gasteiger partial charge in [-0.1, -0.05) is 34.3 Å². The summed E-state index contributed by atoms with van der Waals surface area (Å²) in [4.78, 5) is 62.3. The fraction of sp³-hybridized carbons (Fsp3) is 0.800. The van der Waals surface area contributed by atoms with Crippen LogP contribution in [-0.4, -0.2) is 83.8 Å². The normalized spacial score (nSPS) is 13.3. The first-order valence-corrected chi connectivity index (χ1v) is 18.3. The van der Waals surface area contributed by atoms with Gasteiger partial charge in [-0.15, -0.1) is 0 Å². The number of phosphoric ester groups is 1. The van der Waals surface area contributed by atoms with Crippen molar-refractivity contribution >= 4 is 41.8 Å².